The van der Waals surface area contributed by atoms with Crippen LogP contribution in [0.15, 0.2) is 36.8 Å². The summed E-state index contributed by atoms with van der Waals surface area (Å²) in [7, 11) is 0. The molecule has 0 fully saturated rings. The number of rotatable bonds is 9. The molecule has 0 aliphatic carbocycles. The van der Waals surface area contributed by atoms with Crippen molar-refractivity contribution in [2.24, 2.45) is 0 Å². The van der Waals surface area contributed by atoms with E-state index in [1.54, 1.807) is 12.4 Å². The fraction of sp³-hybridized carbons (Fsp3) is 0.500. The Labute approximate surface area is 144 Å². The first-order chi connectivity index (χ1) is 11.6. The van der Waals surface area contributed by atoms with Crippen LogP contribution in [-0.4, -0.2) is 45.0 Å². The van der Waals surface area contributed by atoms with E-state index in [4.69, 9.17) is 0 Å². The number of hydrogen-bond donors (Lipinski definition) is 2. The standard InChI is InChI=1S/C18H28N6/c1-14(2)24(15(3)4)11-10-20-17-7-9-21-18(23-17)22-13-16-6-5-8-19-12-16/h5-9,12,14-15H,10-11,13H2,1-4H3,(H2,20,21,22,23). The average molecular weight is 328 g/mol. The molecular formula is C18H28N6. The number of anilines is 2. The summed E-state index contributed by atoms with van der Waals surface area (Å²) in [5.74, 6) is 1.46. The van der Waals surface area contributed by atoms with E-state index >= 15 is 0 Å². The van der Waals surface area contributed by atoms with Crippen LogP contribution in [0.25, 0.3) is 0 Å². The Morgan fingerprint density at radius 1 is 1.04 bits per heavy atom. The molecule has 0 bridgehead atoms. The van der Waals surface area contributed by atoms with Crippen molar-refractivity contribution in [3.05, 3.63) is 42.4 Å². The van der Waals surface area contributed by atoms with Crippen molar-refractivity contribution in [3.63, 3.8) is 0 Å². The molecule has 0 amide bonds. The molecule has 0 atom stereocenters. The van der Waals surface area contributed by atoms with Gasteiger partial charge in [0, 0.05) is 50.3 Å². The monoisotopic (exact) mass is 328 g/mol. The number of nitrogens with one attached hydrogen (secondary N) is 2. The van der Waals surface area contributed by atoms with Crippen LogP contribution in [0.4, 0.5) is 11.8 Å². The summed E-state index contributed by atoms with van der Waals surface area (Å²) in [6.45, 7) is 11.4. The fourth-order valence-corrected chi connectivity index (χ4v) is 2.65. The average Bonchev–Trinajstić information content (AvgIpc) is 2.57. The third-order valence-corrected chi connectivity index (χ3v) is 3.83. The molecule has 2 heterocycles. The van der Waals surface area contributed by atoms with Gasteiger partial charge in [-0.05, 0) is 45.4 Å². The Hall–Kier alpha value is -2.21. The molecule has 0 aromatic carbocycles. The lowest BCUT2D eigenvalue weighted by Crippen LogP contribution is -2.40. The summed E-state index contributed by atoms with van der Waals surface area (Å²) in [5.41, 5.74) is 1.10. The van der Waals surface area contributed by atoms with E-state index in [-0.39, 0.29) is 0 Å². The highest BCUT2D eigenvalue weighted by atomic mass is 15.2. The van der Waals surface area contributed by atoms with Gasteiger partial charge in [0.05, 0.1) is 0 Å². The van der Waals surface area contributed by atoms with Crippen molar-refractivity contribution in [3.8, 4) is 0 Å². The number of hydrogen-bond acceptors (Lipinski definition) is 6. The van der Waals surface area contributed by atoms with Crippen LogP contribution in [0.1, 0.15) is 33.3 Å². The van der Waals surface area contributed by atoms with Gasteiger partial charge < -0.3 is 10.6 Å². The molecule has 130 valence electrons. The molecule has 2 N–H and O–H groups in total. The van der Waals surface area contributed by atoms with Crippen molar-refractivity contribution in [1.29, 1.82) is 0 Å². The molecule has 0 unspecified atom stereocenters. The highest BCUT2D eigenvalue weighted by molar-refractivity contribution is 5.39. The Balaban J connectivity index is 1.84. The van der Waals surface area contributed by atoms with Crippen molar-refractivity contribution in [2.45, 2.75) is 46.3 Å². The van der Waals surface area contributed by atoms with Gasteiger partial charge in [0.25, 0.3) is 0 Å². The van der Waals surface area contributed by atoms with E-state index in [0.29, 0.717) is 24.6 Å². The zero-order chi connectivity index (χ0) is 17.4. The second-order valence-corrected chi connectivity index (χ2v) is 6.33. The van der Waals surface area contributed by atoms with Crippen LogP contribution in [0.3, 0.4) is 0 Å². The minimum Gasteiger partial charge on any atom is -0.369 e. The molecule has 2 aromatic rings. The van der Waals surface area contributed by atoms with Crippen LogP contribution in [0.5, 0.6) is 0 Å². The van der Waals surface area contributed by atoms with Gasteiger partial charge in [0.2, 0.25) is 5.95 Å². The van der Waals surface area contributed by atoms with E-state index in [1.165, 1.54) is 0 Å². The first kappa shape index (κ1) is 18.1. The zero-order valence-corrected chi connectivity index (χ0v) is 15.0. The maximum atomic E-state index is 4.50. The molecule has 6 nitrogen and oxygen atoms in total. The van der Waals surface area contributed by atoms with Gasteiger partial charge in [-0.2, -0.15) is 4.98 Å². The van der Waals surface area contributed by atoms with Gasteiger partial charge in [-0.3, -0.25) is 9.88 Å². The van der Waals surface area contributed by atoms with E-state index in [2.05, 4.69) is 58.2 Å². The summed E-state index contributed by atoms with van der Waals surface area (Å²) in [4.78, 5) is 15.3. The largest absolute Gasteiger partial charge is 0.369 e. The van der Waals surface area contributed by atoms with Crippen LogP contribution in [0.2, 0.25) is 0 Å². The predicted octanol–water partition coefficient (Wildman–Crippen LogP) is 3.01. The Morgan fingerprint density at radius 3 is 2.50 bits per heavy atom. The van der Waals surface area contributed by atoms with Gasteiger partial charge in [0.15, 0.2) is 0 Å². The topological polar surface area (TPSA) is 66.0 Å². The molecule has 6 heteroatoms. The highest BCUT2D eigenvalue weighted by Crippen LogP contribution is 2.08. The van der Waals surface area contributed by atoms with E-state index in [1.807, 2.05) is 24.4 Å². The molecule has 24 heavy (non-hydrogen) atoms. The minimum absolute atomic E-state index is 0.536. The molecule has 0 spiro atoms. The second-order valence-electron chi connectivity index (χ2n) is 6.33. The summed E-state index contributed by atoms with van der Waals surface area (Å²) in [6, 6.07) is 6.91. The smallest absolute Gasteiger partial charge is 0.224 e. The molecule has 0 saturated heterocycles. The lowest BCUT2D eigenvalue weighted by molar-refractivity contribution is 0.182. The van der Waals surface area contributed by atoms with Crippen molar-refractivity contribution in [2.75, 3.05) is 23.7 Å². The third-order valence-electron chi connectivity index (χ3n) is 3.83. The quantitative estimate of drug-likeness (QED) is 0.737. The second kappa shape index (κ2) is 9.17. The molecule has 0 aliphatic rings. The third kappa shape index (κ3) is 5.77. The van der Waals surface area contributed by atoms with Crippen molar-refractivity contribution < 1.29 is 0 Å². The van der Waals surface area contributed by atoms with Crippen LogP contribution in [-0.2, 0) is 6.54 Å². The molecule has 0 saturated carbocycles. The first-order valence-corrected chi connectivity index (χ1v) is 8.51. The Kier molecular flexibility index (Phi) is 6.93. The van der Waals surface area contributed by atoms with E-state index in [0.717, 1.165) is 24.5 Å². The van der Waals surface area contributed by atoms with Crippen molar-refractivity contribution in [1.82, 2.24) is 19.9 Å². The van der Waals surface area contributed by atoms with Gasteiger partial charge >= 0.3 is 0 Å². The first-order valence-electron chi connectivity index (χ1n) is 8.51. The van der Waals surface area contributed by atoms with E-state index in [9.17, 15) is 0 Å². The number of aromatic nitrogens is 3. The van der Waals surface area contributed by atoms with Gasteiger partial charge in [-0.15, -0.1) is 0 Å². The summed E-state index contributed by atoms with van der Waals surface area (Å²) in [6.07, 6.45) is 5.37. The van der Waals surface area contributed by atoms with Gasteiger partial charge in [0.1, 0.15) is 5.82 Å². The summed E-state index contributed by atoms with van der Waals surface area (Å²) < 4.78 is 0. The molecule has 2 rings (SSSR count). The van der Waals surface area contributed by atoms with Crippen LogP contribution >= 0.6 is 0 Å². The number of pyridine rings is 1. The lowest BCUT2D eigenvalue weighted by Gasteiger charge is -2.30. The maximum Gasteiger partial charge on any atom is 0.224 e. The predicted molar refractivity (Wildman–Crippen MR) is 99.1 cm³/mol. The normalized spacial score (nSPS) is 11.3. The molecule has 0 radical (unpaired) electrons. The number of nitrogens with zero attached hydrogens (tertiary/aromatic N) is 4. The lowest BCUT2D eigenvalue weighted by atomic mass is 10.2. The Morgan fingerprint density at radius 2 is 1.83 bits per heavy atom. The molecule has 2 aromatic heterocycles. The molecular weight excluding hydrogens is 300 g/mol. The zero-order valence-electron chi connectivity index (χ0n) is 15.0. The highest BCUT2D eigenvalue weighted by Gasteiger charge is 2.12. The Bertz CT molecular complexity index is 591. The van der Waals surface area contributed by atoms with Crippen LogP contribution < -0.4 is 10.6 Å². The van der Waals surface area contributed by atoms with Crippen LogP contribution in [0, 0.1) is 0 Å². The van der Waals surface area contributed by atoms with E-state index < -0.39 is 0 Å². The summed E-state index contributed by atoms with van der Waals surface area (Å²) in [5, 5.41) is 6.60. The van der Waals surface area contributed by atoms with Crippen molar-refractivity contribution >= 4 is 11.8 Å². The fourth-order valence-electron chi connectivity index (χ4n) is 2.65. The van der Waals surface area contributed by atoms with Gasteiger partial charge in [-0.1, -0.05) is 6.07 Å². The molecule has 0 aliphatic heterocycles. The maximum absolute atomic E-state index is 4.50. The minimum atomic E-state index is 0.536. The SMILES string of the molecule is CC(C)N(CCNc1ccnc(NCc2cccnc2)n1)C(C)C. The van der Waals surface area contributed by atoms with Gasteiger partial charge in [-0.25, -0.2) is 4.98 Å². The summed E-state index contributed by atoms with van der Waals surface area (Å²) >= 11 is 0.